The molecule has 0 unspecified atom stereocenters. The molecule has 0 spiro atoms. The Labute approximate surface area is 54.7 Å². The minimum absolute atomic E-state index is 0.507. The number of rotatable bonds is 0. The molecular weight excluding hydrogens is 118 g/mol. The maximum atomic E-state index is 9.35. The third-order valence-corrected chi connectivity index (χ3v) is 1.86. The molecule has 0 radical (unpaired) electrons. The minimum atomic E-state index is -0.870. The fourth-order valence-electron chi connectivity index (χ4n) is 0.967. The van der Waals surface area contributed by atoms with E-state index in [4.69, 9.17) is 5.11 Å². The van der Waals surface area contributed by atoms with E-state index in [0.717, 1.165) is 6.54 Å². The van der Waals surface area contributed by atoms with Crippen LogP contribution in [0.1, 0.15) is 13.3 Å². The standard InChI is InChI=1S/C6H13NO2/c1-6(9)2-3-7-4-5(6)8/h5,7-9H,2-4H2,1H3/t5-,6+/m1/s1. The second-order valence-electron chi connectivity index (χ2n) is 2.83. The van der Waals surface area contributed by atoms with Crippen molar-refractivity contribution in [3.63, 3.8) is 0 Å². The SMILES string of the molecule is C[C@]1(O)CCNC[C@H]1O. The molecule has 0 bridgehead atoms. The van der Waals surface area contributed by atoms with Crippen molar-refractivity contribution in [2.75, 3.05) is 13.1 Å². The molecule has 1 heterocycles. The molecule has 0 amide bonds. The van der Waals surface area contributed by atoms with E-state index >= 15 is 0 Å². The highest BCUT2D eigenvalue weighted by atomic mass is 16.3. The van der Waals surface area contributed by atoms with Gasteiger partial charge in [-0.3, -0.25) is 0 Å². The molecule has 0 aromatic rings. The number of hydrogen-bond acceptors (Lipinski definition) is 3. The van der Waals surface area contributed by atoms with Gasteiger partial charge in [0.1, 0.15) is 0 Å². The lowest BCUT2D eigenvalue weighted by Gasteiger charge is -2.33. The molecule has 9 heavy (non-hydrogen) atoms. The second kappa shape index (κ2) is 2.25. The lowest BCUT2D eigenvalue weighted by Crippen LogP contribution is -2.52. The van der Waals surface area contributed by atoms with Crippen LogP contribution in [0.3, 0.4) is 0 Å². The molecule has 0 aromatic heterocycles. The fraction of sp³-hybridized carbons (Fsp3) is 1.00. The van der Waals surface area contributed by atoms with Gasteiger partial charge >= 0.3 is 0 Å². The molecule has 1 fully saturated rings. The van der Waals surface area contributed by atoms with Crippen LogP contribution in [0.15, 0.2) is 0 Å². The lowest BCUT2D eigenvalue weighted by atomic mass is 9.92. The Kier molecular flexibility index (Phi) is 1.75. The van der Waals surface area contributed by atoms with Crippen LogP contribution in [-0.2, 0) is 0 Å². The number of hydrogen-bond donors (Lipinski definition) is 3. The van der Waals surface area contributed by atoms with E-state index in [2.05, 4.69) is 5.32 Å². The van der Waals surface area contributed by atoms with Crippen LogP contribution in [0.25, 0.3) is 0 Å². The van der Waals surface area contributed by atoms with Gasteiger partial charge < -0.3 is 15.5 Å². The molecule has 0 saturated carbocycles. The molecular formula is C6H13NO2. The van der Waals surface area contributed by atoms with Crippen LogP contribution in [0.4, 0.5) is 0 Å². The highest BCUT2D eigenvalue weighted by Crippen LogP contribution is 2.16. The second-order valence-corrected chi connectivity index (χ2v) is 2.83. The highest BCUT2D eigenvalue weighted by Gasteiger charge is 2.32. The molecule has 1 aliphatic rings. The van der Waals surface area contributed by atoms with E-state index < -0.39 is 11.7 Å². The first-order valence-electron chi connectivity index (χ1n) is 3.24. The van der Waals surface area contributed by atoms with Gasteiger partial charge in [0.15, 0.2) is 0 Å². The molecule has 3 heteroatoms. The summed E-state index contributed by atoms with van der Waals surface area (Å²) in [5.74, 6) is 0. The van der Waals surface area contributed by atoms with E-state index in [1.165, 1.54) is 0 Å². The van der Waals surface area contributed by atoms with Crippen LogP contribution in [0, 0.1) is 0 Å². The Morgan fingerprint density at radius 1 is 1.67 bits per heavy atom. The van der Waals surface area contributed by atoms with E-state index in [0.29, 0.717) is 13.0 Å². The summed E-state index contributed by atoms with van der Waals surface area (Å²) in [7, 11) is 0. The van der Waals surface area contributed by atoms with Gasteiger partial charge in [0.25, 0.3) is 0 Å². The molecule has 1 aliphatic heterocycles. The summed E-state index contributed by atoms with van der Waals surface area (Å²) in [6.07, 6.45) is 0.0278. The first kappa shape index (κ1) is 6.99. The highest BCUT2D eigenvalue weighted by molar-refractivity contribution is 4.87. The van der Waals surface area contributed by atoms with Crippen molar-refractivity contribution in [2.45, 2.75) is 25.0 Å². The topological polar surface area (TPSA) is 52.5 Å². The first-order valence-corrected chi connectivity index (χ1v) is 3.24. The van der Waals surface area contributed by atoms with Gasteiger partial charge in [0, 0.05) is 6.54 Å². The Balaban J connectivity index is 2.49. The summed E-state index contributed by atoms with van der Waals surface area (Å²) >= 11 is 0. The Hall–Kier alpha value is -0.120. The largest absolute Gasteiger partial charge is 0.389 e. The number of piperidine rings is 1. The molecule has 1 rings (SSSR count). The van der Waals surface area contributed by atoms with Gasteiger partial charge in [-0.15, -0.1) is 0 Å². The maximum Gasteiger partial charge on any atom is 0.0948 e. The maximum absolute atomic E-state index is 9.35. The molecule has 3 N–H and O–H groups in total. The van der Waals surface area contributed by atoms with E-state index in [1.54, 1.807) is 6.92 Å². The predicted molar refractivity (Wildman–Crippen MR) is 34.1 cm³/mol. The summed E-state index contributed by atoms with van der Waals surface area (Å²) in [4.78, 5) is 0. The number of β-amino-alcohol motifs (C(OH)–C–C–N with tert-alkyl or cyclic N) is 1. The molecule has 2 atom stereocenters. The Morgan fingerprint density at radius 3 is 2.67 bits per heavy atom. The predicted octanol–water partition coefficient (Wildman–Crippen LogP) is -0.908. The van der Waals surface area contributed by atoms with Crippen LogP contribution >= 0.6 is 0 Å². The van der Waals surface area contributed by atoms with Gasteiger partial charge in [-0.05, 0) is 19.9 Å². The summed E-state index contributed by atoms with van der Waals surface area (Å²) in [6, 6.07) is 0. The van der Waals surface area contributed by atoms with Gasteiger partial charge in [0.05, 0.1) is 11.7 Å². The zero-order chi connectivity index (χ0) is 6.91. The summed E-state index contributed by atoms with van der Waals surface area (Å²) in [5.41, 5.74) is -0.870. The quantitative estimate of drug-likeness (QED) is 0.399. The van der Waals surface area contributed by atoms with Gasteiger partial charge in [0.2, 0.25) is 0 Å². The zero-order valence-electron chi connectivity index (χ0n) is 5.59. The van der Waals surface area contributed by atoms with Crippen molar-refractivity contribution in [3.8, 4) is 0 Å². The Bertz CT molecular complexity index is 103. The van der Waals surface area contributed by atoms with Crippen LogP contribution in [0.2, 0.25) is 0 Å². The number of nitrogens with one attached hydrogen (secondary N) is 1. The number of aliphatic hydroxyl groups is 2. The summed E-state index contributed by atoms with van der Waals surface area (Å²) in [6.45, 7) is 2.97. The van der Waals surface area contributed by atoms with Crippen LogP contribution in [0.5, 0.6) is 0 Å². The van der Waals surface area contributed by atoms with Gasteiger partial charge in [-0.1, -0.05) is 0 Å². The van der Waals surface area contributed by atoms with Crippen molar-refractivity contribution >= 4 is 0 Å². The van der Waals surface area contributed by atoms with E-state index in [9.17, 15) is 5.11 Å². The fourth-order valence-corrected chi connectivity index (χ4v) is 0.967. The molecule has 0 aromatic carbocycles. The average Bonchev–Trinajstić information content (AvgIpc) is 1.77. The third kappa shape index (κ3) is 1.41. The summed E-state index contributed by atoms with van der Waals surface area (Å²) < 4.78 is 0. The Morgan fingerprint density at radius 2 is 2.33 bits per heavy atom. The van der Waals surface area contributed by atoms with Gasteiger partial charge in [-0.25, -0.2) is 0 Å². The monoisotopic (exact) mass is 131 g/mol. The smallest absolute Gasteiger partial charge is 0.0948 e. The van der Waals surface area contributed by atoms with Crippen molar-refractivity contribution in [1.29, 1.82) is 0 Å². The lowest BCUT2D eigenvalue weighted by molar-refractivity contribution is -0.0783. The van der Waals surface area contributed by atoms with Gasteiger partial charge in [-0.2, -0.15) is 0 Å². The van der Waals surface area contributed by atoms with Crippen molar-refractivity contribution in [3.05, 3.63) is 0 Å². The van der Waals surface area contributed by atoms with Crippen molar-refractivity contribution in [2.24, 2.45) is 0 Å². The molecule has 3 nitrogen and oxygen atoms in total. The third-order valence-electron chi connectivity index (χ3n) is 1.86. The zero-order valence-corrected chi connectivity index (χ0v) is 5.59. The minimum Gasteiger partial charge on any atom is -0.389 e. The van der Waals surface area contributed by atoms with Crippen LogP contribution in [-0.4, -0.2) is 35.0 Å². The van der Waals surface area contributed by atoms with E-state index in [1.807, 2.05) is 0 Å². The molecule has 1 saturated heterocycles. The normalized spacial score (nSPS) is 45.0. The van der Waals surface area contributed by atoms with Crippen molar-refractivity contribution in [1.82, 2.24) is 5.32 Å². The molecule has 0 aliphatic carbocycles. The molecule has 54 valence electrons. The van der Waals surface area contributed by atoms with E-state index in [-0.39, 0.29) is 0 Å². The summed E-state index contributed by atoms with van der Waals surface area (Å²) in [5, 5.41) is 21.5. The number of aliphatic hydroxyl groups excluding tert-OH is 1. The van der Waals surface area contributed by atoms with Crippen molar-refractivity contribution < 1.29 is 10.2 Å². The first-order chi connectivity index (χ1) is 4.13. The van der Waals surface area contributed by atoms with Crippen LogP contribution < -0.4 is 5.32 Å². The average molecular weight is 131 g/mol.